The first kappa shape index (κ1) is 14.5. The van der Waals surface area contributed by atoms with Crippen molar-refractivity contribution >= 4 is 11.8 Å². The van der Waals surface area contributed by atoms with Crippen molar-refractivity contribution in [3.8, 4) is 0 Å². The van der Waals surface area contributed by atoms with E-state index in [4.69, 9.17) is 0 Å². The van der Waals surface area contributed by atoms with E-state index in [1.807, 2.05) is 10.8 Å². The van der Waals surface area contributed by atoms with E-state index in [0.717, 1.165) is 12.6 Å². The summed E-state index contributed by atoms with van der Waals surface area (Å²) in [6.07, 6.45) is 7.46. The molecule has 0 bridgehead atoms. The highest BCUT2D eigenvalue weighted by Gasteiger charge is 2.29. The van der Waals surface area contributed by atoms with Gasteiger partial charge in [0.2, 0.25) is 0 Å². The van der Waals surface area contributed by atoms with Crippen LogP contribution in [0.25, 0.3) is 0 Å². The Labute approximate surface area is 128 Å². The Hall–Kier alpha value is -2.44. The van der Waals surface area contributed by atoms with Crippen molar-refractivity contribution in [2.75, 3.05) is 18.4 Å². The number of amides is 2. The Morgan fingerprint density at radius 3 is 3.00 bits per heavy atom. The number of piperidine rings is 1. The average molecular weight is 303 g/mol. The molecule has 1 aliphatic heterocycles. The second-order valence-electron chi connectivity index (χ2n) is 5.58. The molecule has 7 heteroatoms. The molecule has 1 N–H and O–H groups in total. The van der Waals surface area contributed by atoms with Crippen molar-refractivity contribution in [3.05, 3.63) is 42.9 Å². The number of hydrogen-bond acceptors (Lipinski definition) is 3. The van der Waals surface area contributed by atoms with Crippen LogP contribution < -0.4 is 5.32 Å². The van der Waals surface area contributed by atoms with E-state index in [9.17, 15) is 9.18 Å². The third-order valence-electron chi connectivity index (χ3n) is 4.08. The summed E-state index contributed by atoms with van der Waals surface area (Å²) in [5, 5.41) is 2.70. The molecular weight excluding hydrogens is 285 g/mol. The number of carbonyl (C=O) groups is 1. The van der Waals surface area contributed by atoms with E-state index in [2.05, 4.69) is 22.2 Å². The van der Waals surface area contributed by atoms with E-state index < -0.39 is 5.82 Å². The zero-order valence-corrected chi connectivity index (χ0v) is 12.3. The van der Waals surface area contributed by atoms with Gasteiger partial charge >= 0.3 is 6.03 Å². The topological polar surface area (TPSA) is 63.1 Å². The number of aromatic nitrogens is 3. The van der Waals surface area contributed by atoms with Crippen LogP contribution in [0.15, 0.2) is 37.1 Å². The molecule has 2 amide bonds. The van der Waals surface area contributed by atoms with Gasteiger partial charge in [0.05, 0.1) is 18.6 Å². The number of nitrogens with one attached hydrogen (secondary N) is 1. The number of urea groups is 1. The lowest BCUT2D eigenvalue weighted by Crippen LogP contribution is -2.45. The Morgan fingerprint density at radius 2 is 2.32 bits per heavy atom. The third kappa shape index (κ3) is 3.08. The number of carbonyl (C=O) groups excluding carboxylic acids is 1. The van der Waals surface area contributed by atoms with Crippen LogP contribution in [0, 0.1) is 11.7 Å². The van der Waals surface area contributed by atoms with E-state index in [1.54, 1.807) is 17.4 Å². The first-order valence-electron chi connectivity index (χ1n) is 7.28. The molecule has 0 spiro atoms. The zero-order chi connectivity index (χ0) is 15.5. The predicted octanol–water partition coefficient (Wildman–Crippen LogP) is 2.53. The highest BCUT2D eigenvalue weighted by molar-refractivity contribution is 5.88. The molecule has 22 heavy (non-hydrogen) atoms. The first-order chi connectivity index (χ1) is 10.6. The van der Waals surface area contributed by atoms with E-state index in [-0.39, 0.29) is 12.1 Å². The maximum atomic E-state index is 12.8. The Bertz CT molecular complexity index is 628. The highest BCUT2D eigenvalue weighted by atomic mass is 19.1. The third-order valence-corrected chi connectivity index (χ3v) is 4.08. The fourth-order valence-corrected chi connectivity index (χ4v) is 2.73. The van der Waals surface area contributed by atoms with Gasteiger partial charge in [-0.05, 0) is 24.5 Å². The standard InChI is InChI=1S/C15H18FN5O/c1-11-4-6-20(9-13(11)21-7-5-17-10-21)15(22)19-14-3-2-12(16)8-18-14/h2-3,5,7-8,10-11,13H,4,6,9H2,1H3,(H,18,19,22)/t11-,13-/m0/s1. The van der Waals surface area contributed by atoms with Crippen LogP contribution in [0.5, 0.6) is 0 Å². The fraction of sp³-hybridized carbons (Fsp3) is 0.400. The largest absolute Gasteiger partial charge is 0.332 e. The SMILES string of the molecule is C[C@H]1CCN(C(=O)Nc2ccc(F)cn2)C[C@@H]1n1ccnc1. The first-order valence-corrected chi connectivity index (χ1v) is 7.28. The second kappa shape index (κ2) is 6.13. The molecule has 116 valence electrons. The smallest absolute Gasteiger partial charge is 0.323 e. The van der Waals surface area contributed by atoms with Crippen LogP contribution in [-0.4, -0.2) is 38.6 Å². The molecule has 0 unspecified atom stereocenters. The van der Waals surface area contributed by atoms with Crippen LogP contribution in [0.4, 0.5) is 15.0 Å². The van der Waals surface area contributed by atoms with Crippen molar-refractivity contribution in [2.45, 2.75) is 19.4 Å². The number of imidazole rings is 1. The van der Waals surface area contributed by atoms with Crippen molar-refractivity contribution < 1.29 is 9.18 Å². The predicted molar refractivity (Wildman–Crippen MR) is 79.8 cm³/mol. The van der Waals surface area contributed by atoms with Gasteiger partial charge in [-0.2, -0.15) is 0 Å². The molecule has 1 aliphatic rings. The molecule has 2 aromatic heterocycles. The summed E-state index contributed by atoms with van der Waals surface area (Å²) >= 11 is 0. The summed E-state index contributed by atoms with van der Waals surface area (Å²) in [6.45, 7) is 3.49. The molecule has 3 rings (SSSR count). The highest BCUT2D eigenvalue weighted by Crippen LogP contribution is 2.27. The molecular formula is C15H18FN5O. The van der Waals surface area contributed by atoms with Crippen LogP contribution in [0.3, 0.4) is 0 Å². The quantitative estimate of drug-likeness (QED) is 0.927. The number of likely N-dealkylation sites (tertiary alicyclic amines) is 1. The van der Waals surface area contributed by atoms with Crippen molar-refractivity contribution in [1.29, 1.82) is 0 Å². The number of anilines is 1. The van der Waals surface area contributed by atoms with Gasteiger partial charge in [0, 0.05) is 25.5 Å². The van der Waals surface area contributed by atoms with Crippen molar-refractivity contribution in [3.63, 3.8) is 0 Å². The van der Waals surface area contributed by atoms with Gasteiger partial charge in [-0.25, -0.2) is 19.2 Å². The van der Waals surface area contributed by atoms with E-state index in [0.29, 0.717) is 24.8 Å². The van der Waals surface area contributed by atoms with Gasteiger partial charge in [0.25, 0.3) is 0 Å². The van der Waals surface area contributed by atoms with Crippen LogP contribution >= 0.6 is 0 Å². The Kier molecular flexibility index (Phi) is 4.04. The number of rotatable bonds is 2. The monoisotopic (exact) mass is 303 g/mol. The number of halogens is 1. The zero-order valence-electron chi connectivity index (χ0n) is 12.3. The van der Waals surface area contributed by atoms with Crippen LogP contribution in [0.2, 0.25) is 0 Å². The second-order valence-corrected chi connectivity index (χ2v) is 5.58. The van der Waals surface area contributed by atoms with Gasteiger partial charge < -0.3 is 9.47 Å². The van der Waals surface area contributed by atoms with Crippen LogP contribution in [0.1, 0.15) is 19.4 Å². The summed E-state index contributed by atoms with van der Waals surface area (Å²) in [4.78, 5) is 22.0. The maximum absolute atomic E-state index is 12.8. The number of hydrogen-bond donors (Lipinski definition) is 1. The molecule has 0 aromatic carbocycles. The lowest BCUT2D eigenvalue weighted by atomic mass is 9.93. The number of nitrogens with zero attached hydrogens (tertiary/aromatic N) is 4. The van der Waals surface area contributed by atoms with Crippen molar-refractivity contribution in [2.24, 2.45) is 5.92 Å². The van der Waals surface area contributed by atoms with Gasteiger partial charge in [-0.1, -0.05) is 6.92 Å². The Morgan fingerprint density at radius 1 is 1.45 bits per heavy atom. The molecule has 1 saturated heterocycles. The Balaban J connectivity index is 1.66. The molecule has 6 nitrogen and oxygen atoms in total. The number of pyridine rings is 1. The molecule has 2 aromatic rings. The summed E-state index contributed by atoms with van der Waals surface area (Å²) in [6, 6.07) is 2.72. The molecule has 3 heterocycles. The van der Waals surface area contributed by atoms with Gasteiger partial charge in [0.1, 0.15) is 11.6 Å². The molecule has 1 fully saturated rings. The summed E-state index contributed by atoms with van der Waals surface area (Å²) in [5.74, 6) is 0.399. The average Bonchev–Trinajstić information content (AvgIpc) is 3.04. The minimum absolute atomic E-state index is 0.211. The maximum Gasteiger partial charge on any atom is 0.323 e. The molecule has 0 saturated carbocycles. The van der Waals surface area contributed by atoms with Crippen LogP contribution in [-0.2, 0) is 0 Å². The summed E-state index contributed by atoms with van der Waals surface area (Å²) in [5.41, 5.74) is 0. The summed E-state index contributed by atoms with van der Waals surface area (Å²) < 4.78 is 14.9. The molecule has 0 radical (unpaired) electrons. The molecule has 2 atom stereocenters. The lowest BCUT2D eigenvalue weighted by molar-refractivity contribution is 0.149. The fourth-order valence-electron chi connectivity index (χ4n) is 2.73. The normalized spacial score (nSPS) is 21.6. The minimum Gasteiger partial charge on any atom is -0.332 e. The van der Waals surface area contributed by atoms with Gasteiger partial charge in [-0.3, -0.25) is 5.32 Å². The minimum atomic E-state index is -0.426. The van der Waals surface area contributed by atoms with E-state index in [1.165, 1.54) is 12.1 Å². The van der Waals surface area contributed by atoms with E-state index >= 15 is 0 Å². The van der Waals surface area contributed by atoms with Gasteiger partial charge in [-0.15, -0.1) is 0 Å². The summed E-state index contributed by atoms with van der Waals surface area (Å²) in [7, 11) is 0. The van der Waals surface area contributed by atoms with Crippen molar-refractivity contribution in [1.82, 2.24) is 19.4 Å². The lowest BCUT2D eigenvalue weighted by Gasteiger charge is -2.37. The molecule has 0 aliphatic carbocycles. The van der Waals surface area contributed by atoms with Gasteiger partial charge in [0.15, 0.2) is 0 Å².